The van der Waals surface area contributed by atoms with Crippen molar-refractivity contribution in [3.63, 3.8) is 0 Å². The summed E-state index contributed by atoms with van der Waals surface area (Å²) in [6.45, 7) is 3.65. The molecule has 1 aliphatic heterocycles. The molecule has 1 atom stereocenters. The molecule has 1 aliphatic rings. The van der Waals surface area contributed by atoms with E-state index in [0.717, 1.165) is 18.8 Å². The molecule has 15 heavy (non-hydrogen) atoms. The van der Waals surface area contributed by atoms with Gasteiger partial charge in [0.1, 0.15) is 12.4 Å². The van der Waals surface area contributed by atoms with Crippen molar-refractivity contribution in [1.82, 2.24) is 0 Å². The first kappa shape index (κ1) is 10.5. The Morgan fingerprint density at radius 1 is 1.40 bits per heavy atom. The van der Waals surface area contributed by atoms with Gasteiger partial charge in [0.05, 0.1) is 6.10 Å². The Labute approximate surface area is 91.2 Å². The highest BCUT2D eigenvalue weighted by molar-refractivity contribution is 5.27. The van der Waals surface area contributed by atoms with Crippen LogP contribution in [-0.4, -0.2) is 19.3 Å². The third-order valence-corrected chi connectivity index (χ3v) is 2.70. The Kier molecular flexibility index (Phi) is 3.62. The van der Waals surface area contributed by atoms with Crippen molar-refractivity contribution in [3.05, 3.63) is 29.8 Å². The summed E-state index contributed by atoms with van der Waals surface area (Å²) in [7, 11) is 0. The predicted octanol–water partition coefficient (Wildman–Crippen LogP) is 2.94. The van der Waals surface area contributed by atoms with Crippen molar-refractivity contribution in [2.24, 2.45) is 0 Å². The molecule has 0 spiro atoms. The lowest BCUT2D eigenvalue weighted by atomic mass is 10.1. The predicted molar refractivity (Wildman–Crippen MR) is 60.3 cm³/mol. The molecule has 0 bridgehead atoms. The molecular weight excluding hydrogens is 188 g/mol. The Morgan fingerprint density at radius 2 is 2.33 bits per heavy atom. The van der Waals surface area contributed by atoms with E-state index in [1.807, 2.05) is 12.1 Å². The highest BCUT2D eigenvalue weighted by atomic mass is 16.5. The van der Waals surface area contributed by atoms with Crippen molar-refractivity contribution in [2.75, 3.05) is 13.2 Å². The Hall–Kier alpha value is -1.02. The molecule has 0 aliphatic carbocycles. The Bertz CT molecular complexity index is 303. The van der Waals surface area contributed by atoms with Gasteiger partial charge in [0, 0.05) is 6.61 Å². The molecule has 1 aromatic carbocycles. The average molecular weight is 206 g/mol. The molecule has 0 saturated carbocycles. The van der Waals surface area contributed by atoms with Gasteiger partial charge in [0.2, 0.25) is 0 Å². The van der Waals surface area contributed by atoms with E-state index >= 15 is 0 Å². The van der Waals surface area contributed by atoms with E-state index in [1.165, 1.54) is 18.4 Å². The van der Waals surface area contributed by atoms with E-state index in [9.17, 15) is 0 Å². The van der Waals surface area contributed by atoms with Gasteiger partial charge in [0.25, 0.3) is 0 Å². The lowest BCUT2D eigenvalue weighted by Gasteiger charge is -2.22. The molecule has 82 valence electrons. The summed E-state index contributed by atoms with van der Waals surface area (Å²) in [5, 5.41) is 0. The molecule has 0 radical (unpaired) electrons. The van der Waals surface area contributed by atoms with Crippen LogP contribution in [0.2, 0.25) is 0 Å². The first-order chi connectivity index (χ1) is 7.34. The Balaban J connectivity index is 1.81. The molecule has 1 aromatic rings. The highest BCUT2D eigenvalue weighted by Crippen LogP contribution is 2.16. The summed E-state index contributed by atoms with van der Waals surface area (Å²) in [6, 6.07) is 8.15. The van der Waals surface area contributed by atoms with E-state index in [2.05, 4.69) is 19.1 Å². The smallest absolute Gasteiger partial charge is 0.119 e. The normalized spacial score (nSPS) is 21.3. The van der Waals surface area contributed by atoms with Crippen molar-refractivity contribution in [3.8, 4) is 5.75 Å². The average Bonchev–Trinajstić information content (AvgIpc) is 2.28. The molecule has 0 N–H and O–H groups in total. The van der Waals surface area contributed by atoms with Gasteiger partial charge in [-0.15, -0.1) is 0 Å². The van der Waals surface area contributed by atoms with Crippen molar-refractivity contribution >= 4 is 0 Å². The van der Waals surface area contributed by atoms with E-state index in [0.29, 0.717) is 12.7 Å². The van der Waals surface area contributed by atoms with Crippen LogP contribution in [0.3, 0.4) is 0 Å². The van der Waals surface area contributed by atoms with Gasteiger partial charge < -0.3 is 9.47 Å². The van der Waals surface area contributed by atoms with Gasteiger partial charge in [-0.3, -0.25) is 0 Å². The summed E-state index contributed by atoms with van der Waals surface area (Å²) in [4.78, 5) is 0. The van der Waals surface area contributed by atoms with Gasteiger partial charge in [-0.25, -0.2) is 0 Å². The highest BCUT2D eigenvalue weighted by Gasteiger charge is 2.14. The summed E-state index contributed by atoms with van der Waals surface area (Å²) in [5.74, 6) is 0.948. The van der Waals surface area contributed by atoms with Crippen LogP contribution in [0.1, 0.15) is 24.8 Å². The van der Waals surface area contributed by atoms with E-state index in [4.69, 9.17) is 9.47 Å². The number of hydrogen-bond acceptors (Lipinski definition) is 2. The number of benzene rings is 1. The second-order valence-electron chi connectivity index (χ2n) is 4.12. The summed E-state index contributed by atoms with van der Waals surface area (Å²) in [5.41, 5.74) is 1.23. The van der Waals surface area contributed by atoms with Crippen LogP contribution < -0.4 is 4.74 Å². The number of rotatable bonds is 3. The monoisotopic (exact) mass is 206 g/mol. The summed E-state index contributed by atoms with van der Waals surface area (Å²) in [6.07, 6.45) is 3.88. The molecule has 2 rings (SSSR count). The number of hydrogen-bond donors (Lipinski definition) is 0. The zero-order valence-corrected chi connectivity index (χ0v) is 9.24. The van der Waals surface area contributed by atoms with E-state index in [-0.39, 0.29) is 0 Å². The first-order valence-electron chi connectivity index (χ1n) is 5.66. The largest absolute Gasteiger partial charge is 0.491 e. The fraction of sp³-hybridized carbons (Fsp3) is 0.538. The van der Waals surface area contributed by atoms with Gasteiger partial charge in [-0.1, -0.05) is 12.1 Å². The van der Waals surface area contributed by atoms with Crippen LogP contribution in [0.5, 0.6) is 5.75 Å². The molecule has 2 heteroatoms. The third-order valence-electron chi connectivity index (χ3n) is 2.70. The SMILES string of the molecule is Cc1cccc(OC[C@H]2CCCCO2)c1. The van der Waals surface area contributed by atoms with Crippen LogP contribution in [0.15, 0.2) is 24.3 Å². The first-order valence-corrected chi connectivity index (χ1v) is 5.66. The van der Waals surface area contributed by atoms with Crippen molar-refractivity contribution in [2.45, 2.75) is 32.3 Å². The topological polar surface area (TPSA) is 18.5 Å². The van der Waals surface area contributed by atoms with Crippen LogP contribution in [0.25, 0.3) is 0 Å². The molecule has 0 unspecified atom stereocenters. The maximum atomic E-state index is 5.70. The minimum Gasteiger partial charge on any atom is -0.491 e. The van der Waals surface area contributed by atoms with Gasteiger partial charge >= 0.3 is 0 Å². The maximum absolute atomic E-state index is 5.70. The quantitative estimate of drug-likeness (QED) is 0.757. The van der Waals surface area contributed by atoms with Gasteiger partial charge in [-0.2, -0.15) is 0 Å². The molecule has 0 aromatic heterocycles. The minimum atomic E-state index is 0.291. The summed E-state index contributed by atoms with van der Waals surface area (Å²) >= 11 is 0. The molecule has 2 nitrogen and oxygen atoms in total. The standard InChI is InChI=1S/C13H18O2/c1-11-5-4-7-12(9-11)15-10-13-6-2-3-8-14-13/h4-5,7,9,13H,2-3,6,8,10H2,1H3/t13-/m1/s1. The number of aryl methyl sites for hydroxylation is 1. The van der Waals surface area contributed by atoms with Crippen LogP contribution in [0, 0.1) is 6.92 Å². The van der Waals surface area contributed by atoms with Gasteiger partial charge in [-0.05, 0) is 43.9 Å². The second kappa shape index (κ2) is 5.17. The third kappa shape index (κ3) is 3.24. The lowest BCUT2D eigenvalue weighted by molar-refractivity contribution is -0.0110. The molecule has 0 amide bonds. The lowest BCUT2D eigenvalue weighted by Crippen LogP contribution is -2.25. The molecule has 1 fully saturated rings. The zero-order chi connectivity index (χ0) is 10.5. The van der Waals surface area contributed by atoms with Crippen molar-refractivity contribution in [1.29, 1.82) is 0 Å². The van der Waals surface area contributed by atoms with Crippen LogP contribution >= 0.6 is 0 Å². The number of ether oxygens (including phenoxy) is 2. The maximum Gasteiger partial charge on any atom is 0.119 e. The fourth-order valence-corrected chi connectivity index (χ4v) is 1.83. The fourth-order valence-electron chi connectivity index (χ4n) is 1.83. The van der Waals surface area contributed by atoms with E-state index in [1.54, 1.807) is 0 Å². The molecule has 1 saturated heterocycles. The second-order valence-corrected chi connectivity index (χ2v) is 4.12. The van der Waals surface area contributed by atoms with Crippen LogP contribution in [0.4, 0.5) is 0 Å². The zero-order valence-electron chi connectivity index (χ0n) is 9.24. The van der Waals surface area contributed by atoms with Gasteiger partial charge in [0.15, 0.2) is 0 Å². The Morgan fingerprint density at radius 3 is 3.07 bits per heavy atom. The minimum absolute atomic E-state index is 0.291. The van der Waals surface area contributed by atoms with Crippen molar-refractivity contribution < 1.29 is 9.47 Å². The van der Waals surface area contributed by atoms with E-state index < -0.39 is 0 Å². The van der Waals surface area contributed by atoms with Crippen LogP contribution in [-0.2, 0) is 4.74 Å². The summed E-state index contributed by atoms with van der Waals surface area (Å²) < 4.78 is 11.3. The molecule has 1 heterocycles. The molecular formula is C13H18O2.